The van der Waals surface area contributed by atoms with Gasteiger partial charge in [-0.15, -0.1) is 0 Å². The predicted octanol–water partition coefficient (Wildman–Crippen LogP) is 2.52. The highest BCUT2D eigenvalue weighted by atomic mass is 79.9. The Kier molecular flexibility index (Phi) is 4.78. The van der Waals surface area contributed by atoms with Crippen molar-refractivity contribution in [1.29, 1.82) is 0 Å². The van der Waals surface area contributed by atoms with Crippen LogP contribution in [0.5, 0.6) is 0 Å². The zero-order valence-electron chi connectivity index (χ0n) is 10.7. The Bertz CT molecular complexity index is 405. The minimum Gasteiger partial charge on any atom is -0.338 e. The van der Waals surface area contributed by atoms with Crippen molar-refractivity contribution in [2.45, 2.75) is 12.8 Å². The van der Waals surface area contributed by atoms with E-state index in [4.69, 9.17) is 0 Å². The third kappa shape index (κ3) is 3.33. The molecule has 1 aliphatic rings. The standard InChI is InChI=1S/C14H19BrN2O/c1-16-8-6-11-7-9-17(10-11)14(18)12-2-4-13(15)5-3-12/h2-5,11,16H,6-10H2,1H3. The second-order valence-electron chi connectivity index (χ2n) is 4.80. The van der Waals surface area contributed by atoms with Crippen molar-refractivity contribution in [3.8, 4) is 0 Å². The Labute approximate surface area is 117 Å². The van der Waals surface area contributed by atoms with Gasteiger partial charge in [-0.25, -0.2) is 0 Å². The van der Waals surface area contributed by atoms with Crippen molar-refractivity contribution in [3.05, 3.63) is 34.3 Å². The van der Waals surface area contributed by atoms with Crippen LogP contribution in [0.3, 0.4) is 0 Å². The van der Waals surface area contributed by atoms with Crippen LogP contribution < -0.4 is 5.32 Å². The van der Waals surface area contributed by atoms with E-state index in [9.17, 15) is 4.79 Å². The van der Waals surface area contributed by atoms with E-state index in [1.54, 1.807) is 0 Å². The molecule has 0 aromatic heterocycles. The summed E-state index contributed by atoms with van der Waals surface area (Å²) in [5.74, 6) is 0.811. The van der Waals surface area contributed by atoms with Gasteiger partial charge in [-0.1, -0.05) is 15.9 Å². The number of hydrogen-bond acceptors (Lipinski definition) is 2. The lowest BCUT2D eigenvalue weighted by molar-refractivity contribution is 0.0786. The fraction of sp³-hybridized carbons (Fsp3) is 0.500. The molecule has 1 N–H and O–H groups in total. The van der Waals surface area contributed by atoms with Gasteiger partial charge in [-0.05, 0) is 56.6 Å². The molecule has 0 aliphatic carbocycles. The highest BCUT2D eigenvalue weighted by Crippen LogP contribution is 2.21. The molecule has 1 aromatic rings. The molecule has 1 heterocycles. The Morgan fingerprint density at radius 1 is 1.44 bits per heavy atom. The van der Waals surface area contributed by atoms with E-state index in [0.717, 1.165) is 42.5 Å². The molecule has 1 aromatic carbocycles. The SMILES string of the molecule is CNCCC1CCN(C(=O)c2ccc(Br)cc2)C1. The van der Waals surface area contributed by atoms with Gasteiger partial charge in [0.25, 0.3) is 5.91 Å². The van der Waals surface area contributed by atoms with Crippen molar-refractivity contribution >= 4 is 21.8 Å². The van der Waals surface area contributed by atoms with Crippen LogP contribution in [0.1, 0.15) is 23.2 Å². The summed E-state index contributed by atoms with van der Waals surface area (Å²) in [4.78, 5) is 14.2. The summed E-state index contributed by atoms with van der Waals surface area (Å²) in [7, 11) is 1.97. The predicted molar refractivity (Wildman–Crippen MR) is 76.7 cm³/mol. The molecule has 1 amide bonds. The topological polar surface area (TPSA) is 32.3 Å². The molecule has 18 heavy (non-hydrogen) atoms. The summed E-state index contributed by atoms with van der Waals surface area (Å²) in [5.41, 5.74) is 0.785. The second-order valence-corrected chi connectivity index (χ2v) is 5.72. The molecular weight excluding hydrogens is 292 g/mol. The molecule has 98 valence electrons. The molecule has 0 radical (unpaired) electrons. The van der Waals surface area contributed by atoms with Crippen molar-refractivity contribution < 1.29 is 4.79 Å². The maximum Gasteiger partial charge on any atom is 0.253 e. The third-order valence-electron chi connectivity index (χ3n) is 3.47. The van der Waals surface area contributed by atoms with Crippen LogP contribution in [-0.2, 0) is 0 Å². The first-order valence-electron chi connectivity index (χ1n) is 6.40. The van der Waals surface area contributed by atoms with Crippen molar-refractivity contribution in [2.24, 2.45) is 5.92 Å². The number of halogens is 1. The fourth-order valence-electron chi connectivity index (χ4n) is 2.38. The normalized spacial score (nSPS) is 19.2. The Hall–Kier alpha value is -0.870. The summed E-state index contributed by atoms with van der Waals surface area (Å²) in [5, 5.41) is 3.17. The van der Waals surface area contributed by atoms with Crippen LogP contribution in [0, 0.1) is 5.92 Å². The second kappa shape index (κ2) is 6.34. The average Bonchev–Trinajstić information content (AvgIpc) is 2.85. The van der Waals surface area contributed by atoms with Gasteiger partial charge in [0, 0.05) is 23.1 Å². The number of carbonyl (C=O) groups excluding carboxylic acids is 1. The monoisotopic (exact) mass is 310 g/mol. The fourth-order valence-corrected chi connectivity index (χ4v) is 2.64. The minimum absolute atomic E-state index is 0.162. The number of carbonyl (C=O) groups is 1. The number of nitrogens with zero attached hydrogens (tertiary/aromatic N) is 1. The molecule has 0 spiro atoms. The lowest BCUT2D eigenvalue weighted by Crippen LogP contribution is -2.29. The largest absolute Gasteiger partial charge is 0.338 e. The number of likely N-dealkylation sites (tertiary alicyclic amines) is 1. The molecular formula is C14H19BrN2O. The molecule has 3 nitrogen and oxygen atoms in total. The Morgan fingerprint density at radius 3 is 2.83 bits per heavy atom. The molecule has 0 saturated carbocycles. The number of nitrogens with one attached hydrogen (secondary N) is 1. The summed E-state index contributed by atoms with van der Waals surface area (Å²) >= 11 is 3.38. The van der Waals surface area contributed by atoms with Crippen LogP contribution in [0.25, 0.3) is 0 Å². The third-order valence-corrected chi connectivity index (χ3v) is 4.00. The molecule has 0 bridgehead atoms. The first-order chi connectivity index (χ1) is 8.70. The van der Waals surface area contributed by atoms with Gasteiger partial charge in [0.15, 0.2) is 0 Å². The van der Waals surface area contributed by atoms with Crippen LogP contribution in [0.2, 0.25) is 0 Å². The van der Waals surface area contributed by atoms with Crippen LogP contribution in [-0.4, -0.2) is 37.5 Å². The van der Waals surface area contributed by atoms with Crippen molar-refractivity contribution in [1.82, 2.24) is 10.2 Å². The Balaban J connectivity index is 1.93. The molecule has 1 saturated heterocycles. The first-order valence-corrected chi connectivity index (χ1v) is 7.19. The molecule has 4 heteroatoms. The molecule has 2 rings (SSSR count). The number of amides is 1. The van der Waals surface area contributed by atoms with Crippen molar-refractivity contribution in [2.75, 3.05) is 26.7 Å². The molecule has 1 atom stereocenters. The van der Waals surface area contributed by atoms with Gasteiger partial charge < -0.3 is 10.2 Å². The zero-order chi connectivity index (χ0) is 13.0. The van der Waals surface area contributed by atoms with E-state index in [1.165, 1.54) is 0 Å². The van der Waals surface area contributed by atoms with E-state index in [-0.39, 0.29) is 5.91 Å². The lowest BCUT2D eigenvalue weighted by Gasteiger charge is -2.16. The van der Waals surface area contributed by atoms with Crippen LogP contribution in [0.4, 0.5) is 0 Å². The highest BCUT2D eigenvalue weighted by molar-refractivity contribution is 9.10. The smallest absolute Gasteiger partial charge is 0.253 e. The van der Waals surface area contributed by atoms with E-state index in [1.807, 2.05) is 36.2 Å². The quantitative estimate of drug-likeness (QED) is 0.927. The molecule has 1 fully saturated rings. The summed E-state index contributed by atoms with van der Waals surface area (Å²) in [6.45, 7) is 2.82. The van der Waals surface area contributed by atoms with E-state index < -0.39 is 0 Å². The van der Waals surface area contributed by atoms with Gasteiger partial charge in [-0.2, -0.15) is 0 Å². The lowest BCUT2D eigenvalue weighted by atomic mass is 10.1. The van der Waals surface area contributed by atoms with Gasteiger partial charge in [0.05, 0.1) is 0 Å². The maximum absolute atomic E-state index is 12.3. The van der Waals surface area contributed by atoms with E-state index in [0.29, 0.717) is 5.92 Å². The zero-order valence-corrected chi connectivity index (χ0v) is 12.2. The van der Waals surface area contributed by atoms with Gasteiger partial charge in [-0.3, -0.25) is 4.79 Å². The number of hydrogen-bond donors (Lipinski definition) is 1. The van der Waals surface area contributed by atoms with E-state index >= 15 is 0 Å². The van der Waals surface area contributed by atoms with Crippen LogP contribution >= 0.6 is 15.9 Å². The number of rotatable bonds is 4. The number of benzene rings is 1. The van der Waals surface area contributed by atoms with Crippen LogP contribution in [0.15, 0.2) is 28.7 Å². The Morgan fingerprint density at radius 2 is 2.17 bits per heavy atom. The summed E-state index contributed by atoms with van der Waals surface area (Å²) < 4.78 is 1.01. The average molecular weight is 311 g/mol. The van der Waals surface area contributed by atoms with E-state index in [2.05, 4.69) is 21.2 Å². The molecule has 1 aliphatic heterocycles. The minimum atomic E-state index is 0.162. The summed E-state index contributed by atoms with van der Waals surface area (Å²) in [6, 6.07) is 7.60. The maximum atomic E-state index is 12.3. The van der Waals surface area contributed by atoms with Crippen molar-refractivity contribution in [3.63, 3.8) is 0 Å². The molecule has 1 unspecified atom stereocenters. The van der Waals surface area contributed by atoms with Gasteiger partial charge >= 0.3 is 0 Å². The highest BCUT2D eigenvalue weighted by Gasteiger charge is 2.26. The van der Waals surface area contributed by atoms with Gasteiger partial charge in [0.2, 0.25) is 0 Å². The summed E-state index contributed by atoms with van der Waals surface area (Å²) in [6.07, 6.45) is 2.28. The van der Waals surface area contributed by atoms with Gasteiger partial charge in [0.1, 0.15) is 0 Å². The first kappa shape index (κ1) is 13.6.